The molecule has 1 aromatic rings. The zero-order chi connectivity index (χ0) is 7.68. The number of aromatic nitrogens is 3. The summed E-state index contributed by atoms with van der Waals surface area (Å²) in [6.07, 6.45) is 1.69. The Labute approximate surface area is 65.2 Å². The van der Waals surface area contributed by atoms with Crippen LogP contribution in [0.25, 0.3) is 0 Å². The maximum Gasteiger partial charge on any atom is 0.0849 e. The van der Waals surface area contributed by atoms with Gasteiger partial charge in [0.1, 0.15) is 0 Å². The van der Waals surface area contributed by atoms with Gasteiger partial charge in [-0.15, -0.1) is 10.2 Å². The van der Waals surface area contributed by atoms with E-state index in [2.05, 4.69) is 27.2 Å². The topological polar surface area (TPSA) is 41.7 Å². The first-order chi connectivity index (χ1) is 5.42. The van der Waals surface area contributed by atoms with Crippen molar-refractivity contribution >= 4 is 0 Å². The van der Waals surface area contributed by atoms with Crippen LogP contribution >= 0.6 is 0 Å². The highest BCUT2D eigenvalue weighted by Crippen LogP contribution is 2.31. The molecule has 0 saturated carbocycles. The third-order valence-corrected chi connectivity index (χ3v) is 1.99. The highest BCUT2D eigenvalue weighted by molar-refractivity contribution is 5.11. The van der Waals surface area contributed by atoms with Gasteiger partial charge < -0.3 is 0 Å². The highest BCUT2D eigenvalue weighted by atomic mass is 15.4. The quantitative estimate of drug-likeness (QED) is 0.567. The average Bonchev–Trinajstić information content (AvgIpc) is 2.85. The number of hydrogen-bond donors (Lipinski definition) is 0. The molecule has 2 heterocycles. The summed E-state index contributed by atoms with van der Waals surface area (Å²) in [6.45, 7) is 4.36. The number of likely N-dealkylation sites (N-methyl/N-ethyl adjacent to an activating group) is 1. The van der Waals surface area contributed by atoms with Crippen LogP contribution in [-0.2, 0) is 0 Å². The molecule has 2 atom stereocenters. The van der Waals surface area contributed by atoms with Gasteiger partial charge in [0.05, 0.1) is 17.9 Å². The van der Waals surface area contributed by atoms with Crippen LogP contribution in [0.1, 0.15) is 18.7 Å². The molecule has 2 rings (SSSR count). The van der Waals surface area contributed by atoms with Crippen molar-refractivity contribution in [1.82, 2.24) is 20.3 Å². The first-order valence-electron chi connectivity index (χ1n) is 3.80. The van der Waals surface area contributed by atoms with Crippen LogP contribution in [0.2, 0.25) is 0 Å². The molecule has 2 unspecified atom stereocenters. The summed E-state index contributed by atoms with van der Waals surface area (Å²) in [5, 5.41) is 11.2. The molecule has 0 aromatic carbocycles. The van der Waals surface area contributed by atoms with Crippen molar-refractivity contribution in [1.29, 1.82) is 0 Å². The van der Waals surface area contributed by atoms with Gasteiger partial charge in [-0.2, -0.15) is 0 Å². The van der Waals surface area contributed by atoms with Crippen molar-refractivity contribution in [2.24, 2.45) is 0 Å². The molecule has 0 bridgehead atoms. The number of rotatable bonds is 2. The first kappa shape index (κ1) is 6.67. The van der Waals surface area contributed by atoms with Gasteiger partial charge in [0.25, 0.3) is 0 Å². The lowest BCUT2D eigenvalue weighted by atomic mass is 10.3. The molecule has 4 nitrogen and oxygen atoms in total. The Balaban J connectivity index is 2.09. The van der Waals surface area contributed by atoms with Crippen molar-refractivity contribution in [2.75, 3.05) is 13.1 Å². The van der Waals surface area contributed by atoms with Gasteiger partial charge in [0.15, 0.2) is 0 Å². The predicted molar refractivity (Wildman–Crippen MR) is 39.8 cm³/mol. The maximum absolute atomic E-state index is 3.94. The van der Waals surface area contributed by atoms with E-state index in [-0.39, 0.29) is 0 Å². The normalized spacial score (nSPS) is 28.5. The molecule has 1 aliphatic rings. The largest absolute Gasteiger partial charge is 0.292 e. The monoisotopic (exact) mass is 150 g/mol. The highest BCUT2D eigenvalue weighted by Gasteiger charge is 2.34. The van der Waals surface area contributed by atoms with E-state index in [0.29, 0.717) is 6.04 Å². The van der Waals surface area contributed by atoms with E-state index in [9.17, 15) is 0 Å². The summed E-state index contributed by atoms with van der Waals surface area (Å²) in [6, 6.07) is 2.43. The molecular formula is C7H10N4. The Hall–Kier alpha value is -1.03. The molecule has 1 fully saturated rings. The molecular weight excluding hydrogens is 140 g/mol. The molecule has 4 heteroatoms. The predicted octanol–water partition coefficient (Wildman–Crippen LogP) is 0.248. The lowest BCUT2D eigenvalue weighted by Crippen LogP contribution is -1.98. The Morgan fingerprint density at radius 3 is 3.18 bits per heavy atom. The second-order valence-electron chi connectivity index (χ2n) is 2.65. The third-order valence-electron chi connectivity index (χ3n) is 1.99. The van der Waals surface area contributed by atoms with Crippen molar-refractivity contribution < 1.29 is 0 Å². The van der Waals surface area contributed by atoms with Gasteiger partial charge in [0, 0.05) is 6.54 Å². The molecule has 0 N–H and O–H groups in total. The molecule has 58 valence electrons. The van der Waals surface area contributed by atoms with Gasteiger partial charge >= 0.3 is 0 Å². The summed E-state index contributed by atoms with van der Waals surface area (Å²) < 4.78 is 0. The van der Waals surface area contributed by atoms with Crippen LogP contribution in [-0.4, -0.2) is 33.4 Å². The minimum atomic E-state index is 0.510. The standard InChI is InChI=1S/C7H10N4/c1-2-11-5-7(11)6-3-4-8-10-9-6/h3-4,7H,2,5H2,1H3. The molecule has 0 spiro atoms. The van der Waals surface area contributed by atoms with Crippen LogP contribution < -0.4 is 0 Å². The minimum Gasteiger partial charge on any atom is -0.292 e. The first-order valence-corrected chi connectivity index (χ1v) is 3.80. The summed E-state index contributed by atoms with van der Waals surface area (Å²) in [7, 11) is 0. The fourth-order valence-corrected chi connectivity index (χ4v) is 1.23. The van der Waals surface area contributed by atoms with Crippen LogP contribution in [0.5, 0.6) is 0 Å². The Kier molecular flexibility index (Phi) is 1.54. The molecule has 0 aliphatic carbocycles. The lowest BCUT2D eigenvalue weighted by Gasteiger charge is -1.95. The summed E-state index contributed by atoms with van der Waals surface area (Å²) in [5.74, 6) is 0. The molecule has 1 aromatic heterocycles. The SMILES string of the molecule is CCN1CC1c1ccnnn1. The van der Waals surface area contributed by atoms with Crippen molar-refractivity contribution in [2.45, 2.75) is 13.0 Å². The molecule has 11 heavy (non-hydrogen) atoms. The number of nitrogens with zero attached hydrogens (tertiary/aromatic N) is 4. The van der Waals surface area contributed by atoms with Gasteiger partial charge in [-0.05, 0) is 17.8 Å². The molecule has 0 radical (unpaired) electrons. The summed E-state index contributed by atoms with van der Waals surface area (Å²) in [5.41, 5.74) is 1.04. The average molecular weight is 150 g/mol. The van der Waals surface area contributed by atoms with Crippen molar-refractivity contribution in [3.8, 4) is 0 Å². The van der Waals surface area contributed by atoms with Crippen molar-refractivity contribution in [3.05, 3.63) is 18.0 Å². The van der Waals surface area contributed by atoms with Gasteiger partial charge in [0.2, 0.25) is 0 Å². The van der Waals surface area contributed by atoms with E-state index in [0.717, 1.165) is 18.8 Å². The van der Waals surface area contributed by atoms with Crippen LogP contribution in [0, 0.1) is 0 Å². The van der Waals surface area contributed by atoms with Gasteiger partial charge in [-0.1, -0.05) is 6.92 Å². The Morgan fingerprint density at radius 1 is 1.73 bits per heavy atom. The van der Waals surface area contributed by atoms with Crippen molar-refractivity contribution in [3.63, 3.8) is 0 Å². The third kappa shape index (κ3) is 1.21. The smallest absolute Gasteiger partial charge is 0.0849 e. The zero-order valence-corrected chi connectivity index (χ0v) is 6.44. The number of hydrogen-bond acceptors (Lipinski definition) is 4. The molecule has 0 amide bonds. The maximum atomic E-state index is 3.94. The van der Waals surface area contributed by atoms with E-state index < -0.39 is 0 Å². The summed E-state index contributed by atoms with van der Waals surface area (Å²) in [4.78, 5) is 2.32. The molecule has 1 saturated heterocycles. The lowest BCUT2D eigenvalue weighted by molar-refractivity contribution is 0.534. The second-order valence-corrected chi connectivity index (χ2v) is 2.65. The van der Waals surface area contributed by atoms with Crippen LogP contribution in [0.3, 0.4) is 0 Å². The zero-order valence-electron chi connectivity index (χ0n) is 6.44. The van der Waals surface area contributed by atoms with Crippen LogP contribution in [0.15, 0.2) is 12.3 Å². The van der Waals surface area contributed by atoms with E-state index in [1.807, 2.05) is 6.07 Å². The van der Waals surface area contributed by atoms with E-state index >= 15 is 0 Å². The molecule has 1 aliphatic heterocycles. The second kappa shape index (κ2) is 2.54. The fraction of sp³-hybridized carbons (Fsp3) is 0.571. The van der Waals surface area contributed by atoms with Gasteiger partial charge in [-0.25, -0.2) is 0 Å². The van der Waals surface area contributed by atoms with E-state index in [1.54, 1.807) is 6.20 Å². The van der Waals surface area contributed by atoms with Gasteiger partial charge in [-0.3, -0.25) is 4.90 Å². The van der Waals surface area contributed by atoms with E-state index in [4.69, 9.17) is 0 Å². The van der Waals surface area contributed by atoms with Crippen LogP contribution in [0.4, 0.5) is 0 Å². The Bertz CT molecular complexity index is 235. The minimum absolute atomic E-state index is 0.510. The Morgan fingerprint density at radius 2 is 2.64 bits per heavy atom. The fourth-order valence-electron chi connectivity index (χ4n) is 1.23. The summed E-state index contributed by atoms with van der Waals surface area (Å²) >= 11 is 0. The van der Waals surface area contributed by atoms with E-state index in [1.165, 1.54) is 0 Å².